The van der Waals surface area contributed by atoms with E-state index in [0.29, 0.717) is 12.0 Å². The van der Waals surface area contributed by atoms with Crippen LogP contribution in [0.15, 0.2) is 47.1 Å². The van der Waals surface area contributed by atoms with Crippen molar-refractivity contribution in [2.24, 2.45) is 22.4 Å². The van der Waals surface area contributed by atoms with Crippen molar-refractivity contribution in [1.82, 2.24) is 0 Å². The Morgan fingerprint density at radius 2 is 2.00 bits per heavy atom. The first kappa shape index (κ1) is 12.5. The monoisotopic (exact) mass is 255 g/mol. The molecule has 0 unspecified atom stereocenters. The SMILES string of the molecule is CC1=C[C@H]2[C@H](C/C1=N/OCc1ccccc1)C2(C)C. The molecular weight excluding hydrogens is 234 g/mol. The van der Waals surface area contributed by atoms with E-state index in [9.17, 15) is 0 Å². The lowest BCUT2D eigenvalue weighted by molar-refractivity contribution is 0.129. The van der Waals surface area contributed by atoms with E-state index in [0.717, 1.165) is 29.5 Å². The summed E-state index contributed by atoms with van der Waals surface area (Å²) in [5.41, 5.74) is 4.04. The topological polar surface area (TPSA) is 21.6 Å². The molecular formula is C17H21NO. The molecule has 0 aliphatic heterocycles. The van der Waals surface area contributed by atoms with Gasteiger partial charge in [0.25, 0.3) is 0 Å². The highest BCUT2D eigenvalue weighted by Crippen LogP contribution is 2.63. The highest BCUT2D eigenvalue weighted by Gasteiger charge is 2.58. The van der Waals surface area contributed by atoms with Crippen molar-refractivity contribution >= 4 is 5.71 Å². The molecule has 1 aromatic carbocycles. The molecule has 0 bridgehead atoms. The molecule has 0 heterocycles. The Morgan fingerprint density at radius 1 is 1.26 bits per heavy atom. The Hall–Kier alpha value is -1.57. The molecule has 0 aromatic heterocycles. The van der Waals surface area contributed by atoms with Crippen LogP contribution in [-0.2, 0) is 11.4 Å². The molecule has 19 heavy (non-hydrogen) atoms. The van der Waals surface area contributed by atoms with Crippen molar-refractivity contribution < 1.29 is 4.84 Å². The average molecular weight is 255 g/mol. The molecule has 2 atom stereocenters. The highest BCUT2D eigenvalue weighted by molar-refractivity contribution is 6.01. The van der Waals surface area contributed by atoms with Gasteiger partial charge in [-0.25, -0.2) is 0 Å². The molecule has 3 rings (SSSR count). The maximum Gasteiger partial charge on any atom is 0.142 e. The quantitative estimate of drug-likeness (QED) is 0.742. The number of allylic oxidation sites excluding steroid dienone is 2. The van der Waals surface area contributed by atoms with Gasteiger partial charge in [-0.1, -0.05) is 55.4 Å². The van der Waals surface area contributed by atoms with Crippen LogP contribution in [0.5, 0.6) is 0 Å². The van der Waals surface area contributed by atoms with Gasteiger partial charge < -0.3 is 4.84 Å². The lowest BCUT2D eigenvalue weighted by Gasteiger charge is -2.11. The summed E-state index contributed by atoms with van der Waals surface area (Å²) in [4.78, 5) is 5.51. The molecule has 2 aliphatic carbocycles. The van der Waals surface area contributed by atoms with Crippen molar-refractivity contribution in [3.63, 3.8) is 0 Å². The molecule has 2 heteroatoms. The number of nitrogens with zero attached hydrogens (tertiary/aromatic N) is 1. The molecule has 0 saturated heterocycles. The number of oxime groups is 1. The Morgan fingerprint density at radius 3 is 2.74 bits per heavy atom. The summed E-state index contributed by atoms with van der Waals surface area (Å²) >= 11 is 0. The first-order chi connectivity index (χ1) is 9.09. The van der Waals surface area contributed by atoms with E-state index >= 15 is 0 Å². The fraction of sp³-hybridized carbons (Fsp3) is 0.471. The number of fused-ring (bicyclic) bond motifs is 1. The Balaban J connectivity index is 1.63. The predicted octanol–water partition coefficient (Wildman–Crippen LogP) is 4.18. The Bertz CT molecular complexity index is 527. The molecule has 100 valence electrons. The molecule has 1 saturated carbocycles. The van der Waals surface area contributed by atoms with Crippen molar-refractivity contribution in [2.45, 2.75) is 33.8 Å². The summed E-state index contributed by atoms with van der Waals surface area (Å²) in [6, 6.07) is 10.2. The average Bonchev–Trinajstić information content (AvgIpc) is 2.92. The Labute approximate surface area is 115 Å². The lowest BCUT2D eigenvalue weighted by Crippen LogP contribution is -2.08. The van der Waals surface area contributed by atoms with E-state index in [1.807, 2.05) is 18.2 Å². The van der Waals surface area contributed by atoms with Crippen LogP contribution in [0.3, 0.4) is 0 Å². The number of benzene rings is 1. The zero-order chi connectivity index (χ0) is 13.5. The molecule has 2 nitrogen and oxygen atoms in total. The van der Waals surface area contributed by atoms with E-state index in [1.54, 1.807) is 0 Å². The van der Waals surface area contributed by atoms with E-state index < -0.39 is 0 Å². The summed E-state index contributed by atoms with van der Waals surface area (Å²) in [6.07, 6.45) is 3.44. The van der Waals surface area contributed by atoms with Crippen molar-refractivity contribution in [3.05, 3.63) is 47.5 Å². The standard InChI is InChI=1S/C17H21NO/c1-12-9-14-15(17(14,2)3)10-16(12)18-19-11-13-7-5-4-6-8-13/h4-9,14-15H,10-11H2,1-3H3/b18-16-/t14-,15-/m0/s1. The van der Waals surface area contributed by atoms with Gasteiger partial charge in [-0.15, -0.1) is 0 Å². The van der Waals surface area contributed by atoms with Crippen LogP contribution >= 0.6 is 0 Å². The van der Waals surface area contributed by atoms with E-state index in [2.05, 4.69) is 44.1 Å². The second-order valence-electron chi connectivity index (χ2n) is 6.30. The van der Waals surface area contributed by atoms with E-state index in [-0.39, 0.29) is 0 Å². The fourth-order valence-corrected chi connectivity index (χ4v) is 3.11. The van der Waals surface area contributed by atoms with Crippen molar-refractivity contribution in [2.75, 3.05) is 0 Å². The van der Waals surface area contributed by atoms with Crippen molar-refractivity contribution in [3.8, 4) is 0 Å². The van der Waals surface area contributed by atoms with Gasteiger partial charge in [-0.2, -0.15) is 0 Å². The third kappa shape index (κ3) is 2.32. The van der Waals surface area contributed by atoms with Gasteiger partial charge in [0.15, 0.2) is 0 Å². The second kappa shape index (κ2) is 4.52. The minimum atomic E-state index is 0.456. The van der Waals surface area contributed by atoms with E-state index in [4.69, 9.17) is 4.84 Å². The molecule has 0 radical (unpaired) electrons. The molecule has 2 aliphatic rings. The van der Waals surface area contributed by atoms with Crippen LogP contribution in [-0.4, -0.2) is 5.71 Å². The molecule has 1 aromatic rings. The maximum absolute atomic E-state index is 5.51. The summed E-state index contributed by atoms with van der Waals surface area (Å²) in [5.74, 6) is 1.51. The maximum atomic E-state index is 5.51. The van der Waals surface area contributed by atoms with Gasteiger partial charge in [-0.05, 0) is 41.7 Å². The molecule has 0 amide bonds. The van der Waals surface area contributed by atoms with Gasteiger partial charge in [0.2, 0.25) is 0 Å². The van der Waals surface area contributed by atoms with Gasteiger partial charge in [-0.3, -0.25) is 0 Å². The minimum Gasteiger partial charge on any atom is -0.391 e. The largest absolute Gasteiger partial charge is 0.391 e. The number of hydrogen-bond acceptors (Lipinski definition) is 2. The van der Waals surface area contributed by atoms with Crippen LogP contribution < -0.4 is 0 Å². The van der Waals surface area contributed by atoms with Gasteiger partial charge >= 0.3 is 0 Å². The summed E-state index contributed by atoms with van der Waals surface area (Å²) in [7, 11) is 0. The number of rotatable bonds is 3. The van der Waals surface area contributed by atoms with Crippen LogP contribution in [0, 0.1) is 17.3 Å². The van der Waals surface area contributed by atoms with Gasteiger partial charge in [0, 0.05) is 0 Å². The molecule has 1 fully saturated rings. The zero-order valence-electron chi connectivity index (χ0n) is 11.9. The van der Waals surface area contributed by atoms with Gasteiger partial charge in [0.1, 0.15) is 6.61 Å². The van der Waals surface area contributed by atoms with Crippen LogP contribution in [0.4, 0.5) is 0 Å². The summed E-state index contributed by atoms with van der Waals surface area (Å²) in [6.45, 7) is 7.39. The first-order valence-corrected chi connectivity index (χ1v) is 7.00. The highest BCUT2D eigenvalue weighted by atomic mass is 16.6. The number of hydrogen-bond donors (Lipinski definition) is 0. The summed E-state index contributed by atoms with van der Waals surface area (Å²) < 4.78 is 0. The molecule has 0 spiro atoms. The Kier molecular flexibility index (Phi) is 2.96. The third-order valence-electron chi connectivity index (χ3n) is 4.69. The minimum absolute atomic E-state index is 0.456. The lowest BCUT2D eigenvalue weighted by atomic mass is 9.99. The first-order valence-electron chi connectivity index (χ1n) is 7.00. The molecule has 0 N–H and O–H groups in total. The normalized spacial score (nSPS) is 29.6. The smallest absolute Gasteiger partial charge is 0.142 e. The van der Waals surface area contributed by atoms with Gasteiger partial charge in [0.05, 0.1) is 5.71 Å². The van der Waals surface area contributed by atoms with E-state index in [1.165, 1.54) is 5.57 Å². The van der Waals surface area contributed by atoms with Crippen LogP contribution in [0.1, 0.15) is 32.8 Å². The summed E-state index contributed by atoms with van der Waals surface area (Å²) in [5, 5.41) is 4.35. The third-order valence-corrected chi connectivity index (χ3v) is 4.69. The van der Waals surface area contributed by atoms with Crippen LogP contribution in [0.2, 0.25) is 0 Å². The zero-order valence-corrected chi connectivity index (χ0v) is 11.9. The second-order valence-corrected chi connectivity index (χ2v) is 6.30. The predicted molar refractivity (Wildman–Crippen MR) is 77.8 cm³/mol. The fourth-order valence-electron chi connectivity index (χ4n) is 3.11. The van der Waals surface area contributed by atoms with Crippen LogP contribution in [0.25, 0.3) is 0 Å². The van der Waals surface area contributed by atoms with Crippen molar-refractivity contribution in [1.29, 1.82) is 0 Å².